The molecule has 4 rings (SSSR count). The van der Waals surface area contributed by atoms with E-state index in [0.717, 1.165) is 11.1 Å². The van der Waals surface area contributed by atoms with E-state index in [-0.39, 0.29) is 11.7 Å². The molecule has 1 aliphatic heterocycles. The van der Waals surface area contributed by atoms with E-state index in [2.05, 4.69) is 20.7 Å². The Bertz CT molecular complexity index is 1200. The molecule has 0 unspecified atom stereocenters. The van der Waals surface area contributed by atoms with Gasteiger partial charge in [0, 0.05) is 5.70 Å². The van der Waals surface area contributed by atoms with Crippen LogP contribution in [-0.4, -0.2) is 39.5 Å². The largest absolute Gasteiger partial charge is 0.504 e. The van der Waals surface area contributed by atoms with Gasteiger partial charge in [0.25, 0.3) is 5.91 Å². The number of phenolic OH excluding ortho intramolecular Hbond substituents is 1. The first kappa shape index (κ1) is 21.2. The zero-order valence-corrected chi connectivity index (χ0v) is 18.3. The fourth-order valence-electron chi connectivity index (χ4n) is 3.77. The number of hydrogen-bond acceptors (Lipinski definition) is 7. The van der Waals surface area contributed by atoms with Gasteiger partial charge in [-0.15, -0.1) is 0 Å². The smallest absolute Gasteiger partial charge is 0.255 e. The van der Waals surface area contributed by atoms with Gasteiger partial charge < -0.3 is 25.2 Å². The van der Waals surface area contributed by atoms with Crippen molar-refractivity contribution < 1.29 is 19.4 Å². The summed E-state index contributed by atoms with van der Waals surface area (Å²) in [5.41, 5.74) is 3.38. The molecule has 1 aromatic heterocycles. The zero-order chi connectivity index (χ0) is 22.8. The van der Waals surface area contributed by atoms with Crippen LogP contribution in [0.25, 0.3) is 0 Å². The van der Waals surface area contributed by atoms with E-state index in [1.165, 1.54) is 6.33 Å². The van der Waals surface area contributed by atoms with E-state index in [9.17, 15) is 9.90 Å². The average Bonchev–Trinajstić information content (AvgIpc) is 3.22. The Kier molecular flexibility index (Phi) is 5.72. The van der Waals surface area contributed by atoms with E-state index in [0.29, 0.717) is 41.0 Å². The van der Waals surface area contributed by atoms with Gasteiger partial charge in [-0.05, 0) is 56.2 Å². The standard InChI is InChI=1S/C23H25N5O4/c1-5-32-19-11-15(7-8-17(19)29)21-20(14(3)26-23-24-12-25-28(21)23)22(30)27-16-10-13(2)6-9-18(16)31-4/h6-12,21,29H,5H2,1-4H3,(H,27,30)(H,24,25,26)/t21-/m0/s1. The predicted molar refractivity (Wildman–Crippen MR) is 120 cm³/mol. The second-order valence-corrected chi connectivity index (χ2v) is 7.41. The van der Waals surface area contributed by atoms with Crippen molar-refractivity contribution in [3.05, 3.63) is 65.1 Å². The van der Waals surface area contributed by atoms with Crippen LogP contribution in [0.3, 0.4) is 0 Å². The number of aromatic hydroxyl groups is 1. The first-order valence-electron chi connectivity index (χ1n) is 10.2. The third kappa shape index (κ3) is 3.84. The van der Waals surface area contributed by atoms with Gasteiger partial charge in [0.2, 0.25) is 5.95 Å². The van der Waals surface area contributed by atoms with Gasteiger partial charge in [0.1, 0.15) is 18.1 Å². The van der Waals surface area contributed by atoms with Gasteiger partial charge in [-0.2, -0.15) is 10.1 Å². The molecule has 1 amide bonds. The third-order valence-electron chi connectivity index (χ3n) is 5.24. The van der Waals surface area contributed by atoms with Crippen molar-refractivity contribution in [1.82, 2.24) is 14.8 Å². The van der Waals surface area contributed by atoms with Gasteiger partial charge in [0.05, 0.1) is 25.0 Å². The maximum atomic E-state index is 13.5. The number of aromatic nitrogens is 3. The predicted octanol–water partition coefficient (Wildman–Crippen LogP) is 3.63. The molecule has 0 spiro atoms. The fraction of sp³-hybridized carbons (Fsp3) is 0.261. The lowest BCUT2D eigenvalue weighted by molar-refractivity contribution is -0.113. The molecule has 2 aromatic carbocycles. The number of amides is 1. The number of carbonyl (C=O) groups is 1. The Balaban J connectivity index is 1.78. The van der Waals surface area contributed by atoms with Gasteiger partial charge >= 0.3 is 0 Å². The van der Waals surface area contributed by atoms with Crippen molar-refractivity contribution in [3.8, 4) is 17.2 Å². The summed E-state index contributed by atoms with van der Waals surface area (Å²) in [5.74, 6) is 1.13. The molecule has 1 aliphatic rings. The Morgan fingerprint density at radius 3 is 2.78 bits per heavy atom. The van der Waals surface area contributed by atoms with Crippen LogP contribution in [0.4, 0.5) is 11.6 Å². The number of carbonyl (C=O) groups excluding carboxylic acids is 1. The van der Waals surface area contributed by atoms with Crippen LogP contribution in [0.15, 0.2) is 54.0 Å². The maximum absolute atomic E-state index is 13.5. The molecule has 9 nitrogen and oxygen atoms in total. The molecule has 9 heteroatoms. The molecule has 0 saturated heterocycles. The minimum Gasteiger partial charge on any atom is -0.504 e. The molecule has 0 saturated carbocycles. The van der Waals surface area contributed by atoms with Gasteiger partial charge in [-0.25, -0.2) is 4.68 Å². The summed E-state index contributed by atoms with van der Waals surface area (Å²) < 4.78 is 12.6. The number of hydrogen-bond donors (Lipinski definition) is 3. The van der Waals surface area contributed by atoms with Crippen LogP contribution in [0.1, 0.15) is 31.0 Å². The van der Waals surface area contributed by atoms with Crippen molar-refractivity contribution in [2.24, 2.45) is 0 Å². The zero-order valence-electron chi connectivity index (χ0n) is 18.3. The number of allylic oxidation sites excluding steroid dienone is 1. The summed E-state index contributed by atoms with van der Waals surface area (Å²) in [6.45, 7) is 5.99. The van der Waals surface area contributed by atoms with E-state index >= 15 is 0 Å². The molecule has 32 heavy (non-hydrogen) atoms. The summed E-state index contributed by atoms with van der Waals surface area (Å²) in [6.07, 6.45) is 1.43. The van der Waals surface area contributed by atoms with Crippen LogP contribution in [0.5, 0.6) is 17.2 Å². The van der Waals surface area contributed by atoms with Gasteiger partial charge in [-0.3, -0.25) is 4.79 Å². The molecule has 0 aliphatic carbocycles. The molecule has 1 atom stereocenters. The van der Waals surface area contributed by atoms with Crippen molar-refractivity contribution in [2.45, 2.75) is 26.8 Å². The number of benzene rings is 2. The number of nitrogens with zero attached hydrogens (tertiary/aromatic N) is 3. The second kappa shape index (κ2) is 8.62. The monoisotopic (exact) mass is 435 g/mol. The first-order valence-corrected chi connectivity index (χ1v) is 10.2. The fourth-order valence-corrected chi connectivity index (χ4v) is 3.77. The van der Waals surface area contributed by atoms with Crippen LogP contribution in [0, 0.1) is 6.92 Å². The van der Waals surface area contributed by atoms with Gasteiger partial charge in [-0.1, -0.05) is 12.1 Å². The number of phenols is 1. The lowest BCUT2D eigenvalue weighted by Crippen LogP contribution is -2.31. The van der Waals surface area contributed by atoms with Crippen molar-refractivity contribution in [2.75, 3.05) is 24.4 Å². The van der Waals surface area contributed by atoms with Crippen molar-refractivity contribution in [3.63, 3.8) is 0 Å². The minimum absolute atomic E-state index is 0.0274. The molecular formula is C23H25N5O4. The third-order valence-corrected chi connectivity index (χ3v) is 5.24. The minimum atomic E-state index is -0.579. The molecule has 166 valence electrons. The Hall–Kier alpha value is -4.01. The highest BCUT2D eigenvalue weighted by Crippen LogP contribution is 2.39. The molecule has 0 fully saturated rings. The summed E-state index contributed by atoms with van der Waals surface area (Å²) in [5, 5.41) is 20.6. The van der Waals surface area contributed by atoms with Crippen LogP contribution in [-0.2, 0) is 4.79 Å². The van der Waals surface area contributed by atoms with Crippen LogP contribution in [0.2, 0.25) is 0 Å². The number of fused-ring (bicyclic) bond motifs is 1. The summed E-state index contributed by atoms with van der Waals surface area (Å²) in [6, 6.07) is 10.0. The van der Waals surface area contributed by atoms with E-state index < -0.39 is 6.04 Å². The molecule has 3 N–H and O–H groups in total. The van der Waals surface area contributed by atoms with E-state index in [4.69, 9.17) is 9.47 Å². The Morgan fingerprint density at radius 2 is 2.03 bits per heavy atom. The van der Waals surface area contributed by atoms with E-state index in [1.807, 2.05) is 39.0 Å². The van der Waals surface area contributed by atoms with Crippen molar-refractivity contribution in [1.29, 1.82) is 0 Å². The maximum Gasteiger partial charge on any atom is 0.255 e. The summed E-state index contributed by atoms with van der Waals surface area (Å²) in [7, 11) is 1.56. The Morgan fingerprint density at radius 1 is 1.22 bits per heavy atom. The highest BCUT2D eigenvalue weighted by Gasteiger charge is 2.34. The normalized spacial score (nSPS) is 15.1. The number of ether oxygens (including phenoxy) is 2. The molecule has 2 heterocycles. The molecule has 0 radical (unpaired) electrons. The lowest BCUT2D eigenvalue weighted by atomic mass is 9.94. The molecule has 0 bridgehead atoms. The lowest BCUT2D eigenvalue weighted by Gasteiger charge is -2.29. The molecular weight excluding hydrogens is 410 g/mol. The highest BCUT2D eigenvalue weighted by molar-refractivity contribution is 6.06. The first-order chi connectivity index (χ1) is 15.4. The number of anilines is 2. The van der Waals surface area contributed by atoms with Crippen LogP contribution >= 0.6 is 0 Å². The number of rotatable bonds is 6. The molecule has 3 aromatic rings. The summed E-state index contributed by atoms with van der Waals surface area (Å²) in [4.78, 5) is 17.8. The topological polar surface area (TPSA) is 111 Å². The van der Waals surface area contributed by atoms with Gasteiger partial charge in [0.15, 0.2) is 11.5 Å². The number of methoxy groups -OCH3 is 1. The SMILES string of the molecule is CCOc1cc([C@H]2C(C(=O)Nc3cc(C)ccc3OC)=C(C)Nc3ncnn32)ccc1O. The quantitative estimate of drug-likeness (QED) is 0.542. The Labute approximate surface area is 185 Å². The number of aryl methyl sites for hydroxylation is 1. The second-order valence-electron chi connectivity index (χ2n) is 7.41. The highest BCUT2D eigenvalue weighted by atomic mass is 16.5. The van der Waals surface area contributed by atoms with Crippen molar-refractivity contribution >= 4 is 17.5 Å². The average molecular weight is 435 g/mol. The van der Waals surface area contributed by atoms with E-state index in [1.54, 1.807) is 30.0 Å². The summed E-state index contributed by atoms with van der Waals surface area (Å²) >= 11 is 0. The van der Waals surface area contributed by atoms with Crippen LogP contribution < -0.4 is 20.1 Å². The number of nitrogens with one attached hydrogen (secondary N) is 2.